The van der Waals surface area contributed by atoms with Crippen LogP contribution in [0.25, 0.3) is 11.4 Å². The highest BCUT2D eigenvalue weighted by molar-refractivity contribution is 7.89. The van der Waals surface area contributed by atoms with E-state index in [9.17, 15) is 13.2 Å². The molecule has 1 aromatic heterocycles. The van der Waals surface area contributed by atoms with Crippen molar-refractivity contribution in [3.05, 3.63) is 59.9 Å². The van der Waals surface area contributed by atoms with Crippen molar-refractivity contribution < 1.29 is 13.2 Å². The second kappa shape index (κ2) is 8.48. The van der Waals surface area contributed by atoms with Gasteiger partial charge < -0.3 is 5.32 Å². The molecule has 0 radical (unpaired) electrons. The first-order valence-electron chi connectivity index (χ1n) is 10.9. The molecule has 2 aliphatic rings. The maximum Gasteiger partial charge on any atom is 0.255 e. The van der Waals surface area contributed by atoms with E-state index >= 15 is 0 Å². The fraction of sp³-hybridized carbons (Fsp3) is 0.348. The van der Waals surface area contributed by atoms with Crippen LogP contribution < -0.4 is 5.32 Å². The quantitative estimate of drug-likeness (QED) is 0.593. The summed E-state index contributed by atoms with van der Waals surface area (Å²) in [5.74, 6) is 1.71. The Balaban J connectivity index is 1.29. The van der Waals surface area contributed by atoms with Gasteiger partial charge in [-0.1, -0.05) is 12.5 Å². The number of amides is 1. The topological polar surface area (TPSA) is 108 Å². The SMILES string of the molecule is O=C(Nc1ccc(-c2n[nH]c(C3CC3)n2)cc1)c1cccc(S(=O)(=O)N2CCCCC2)c1. The third-order valence-corrected chi connectivity index (χ3v) is 7.81. The number of sulfonamides is 1. The van der Waals surface area contributed by atoms with Crippen LogP contribution in [0, 0.1) is 0 Å². The molecule has 32 heavy (non-hydrogen) atoms. The molecule has 1 amide bonds. The van der Waals surface area contributed by atoms with E-state index in [2.05, 4.69) is 20.5 Å². The lowest BCUT2D eigenvalue weighted by Gasteiger charge is -2.26. The Morgan fingerprint density at radius 2 is 1.78 bits per heavy atom. The van der Waals surface area contributed by atoms with Gasteiger partial charge in [-0.05, 0) is 68.1 Å². The lowest BCUT2D eigenvalue weighted by molar-refractivity contribution is 0.102. The summed E-state index contributed by atoms with van der Waals surface area (Å²) in [6.45, 7) is 1.05. The van der Waals surface area contributed by atoms with E-state index in [1.54, 1.807) is 30.3 Å². The van der Waals surface area contributed by atoms with E-state index in [1.807, 2.05) is 12.1 Å². The van der Waals surface area contributed by atoms with Crippen molar-refractivity contribution in [1.82, 2.24) is 19.5 Å². The number of piperidine rings is 1. The number of benzene rings is 2. The first kappa shape index (κ1) is 20.8. The molecular formula is C23H25N5O3S. The van der Waals surface area contributed by atoms with Crippen LogP contribution in [-0.4, -0.2) is 46.9 Å². The number of hydrogen-bond acceptors (Lipinski definition) is 5. The van der Waals surface area contributed by atoms with Gasteiger partial charge in [-0.2, -0.15) is 9.40 Å². The highest BCUT2D eigenvalue weighted by Gasteiger charge is 2.28. The molecule has 9 heteroatoms. The highest BCUT2D eigenvalue weighted by Crippen LogP contribution is 2.38. The molecule has 5 rings (SSSR count). The van der Waals surface area contributed by atoms with Gasteiger partial charge in [0, 0.05) is 35.8 Å². The molecule has 2 aromatic carbocycles. The van der Waals surface area contributed by atoms with Crippen molar-refractivity contribution >= 4 is 21.6 Å². The molecule has 0 bridgehead atoms. The van der Waals surface area contributed by atoms with Crippen LogP contribution in [0.15, 0.2) is 53.4 Å². The molecule has 1 saturated carbocycles. The van der Waals surface area contributed by atoms with Crippen molar-refractivity contribution in [3.63, 3.8) is 0 Å². The molecule has 0 atom stereocenters. The minimum atomic E-state index is -3.59. The van der Waals surface area contributed by atoms with Crippen LogP contribution >= 0.6 is 0 Å². The van der Waals surface area contributed by atoms with Gasteiger partial charge in [0.1, 0.15) is 5.82 Å². The summed E-state index contributed by atoms with van der Waals surface area (Å²) in [5.41, 5.74) is 1.77. The second-order valence-corrected chi connectivity index (χ2v) is 10.3. The maximum atomic E-state index is 12.9. The largest absolute Gasteiger partial charge is 0.322 e. The van der Waals surface area contributed by atoms with Gasteiger partial charge in [-0.15, -0.1) is 0 Å². The Morgan fingerprint density at radius 3 is 2.50 bits per heavy atom. The normalized spacial score (nSPS) is 17.2. The lowest BCUT2D eigenvalue weighted by atomic mass is 10.1. The first-order valence-corrected chi connectivity index (χ1v) is 12.4. The molecule has 1 aliphatic heterocycles. The van der Waals surface area contributed by atoms with Crippen molar-refractivity contribution in [2.75, 3.05) is 18.4 Å². The summed E-state index contributed by atoms with van der Waals surface area (Å²) in [6, 6.07) is 13.5. The Labute approximate surface area is 187 Å². The fourth-order valence-electron chi connectivity index (χ4n) is 3.90. The van der Waals surface area contributed by atoms with Gasteiger partial charge in [0.2, 0.25) is 10.0 Å². The molecule has 0 spiro atoms. The molecule has 2 heterocycles. The summed E-state index contributed by atoms with van der Waals surface area (Å²) >= 11 is 0. The van der Waals surface area contributed by atoms with Crippen LogP contribution in [0.5, 0.6) is 0 Å². The maximum absolute atomic E-state index is 12.9. The standard InChI is InChI=1S/C23H25N5O3S/c29-23(18-5-4-6-20(15-18)32(30,31)28-13-2-1-3-14-28)24-19-11-9-17(10-12-19)22-25-21(26-27-22)16-7-8-16/h4-6,9-12,15-16H,1-3,7-8,13-14H2,(H,24,29)(H,25,26,27). The van der Waals surface area contributed by atoms with Crippen LogP contribution in [0.1, 0.15) is 54.2 Å². The zero-order valence-electron chi connectivity index (χ0n) is 17.6. The minimum absolute atomic E-state index is 0.151. The minimum Gasteiger partial charge on any atom is -0.322 e. The third-order valence-electron chi connectivity index (χ3n) is 5.92. The van der Waals surface area contributed by atoms with E-state index in [4.69, 9.17) is 0 Å². The van der Waals surface area contributed by atoms with Crippen molar-refractivity contribution in [2.45, 2.75) is 42.9 Å². The van der Waals surface area contributed by atoms with Crippen LogP contribution in [-0.2, 0) is 10.0 Å². The van der Waals surface area contributed by atoms with Crippen LogP contribution in [0.4, 0.5) is 5.69 Å². The Bertz CT molecular complexity index is 1230. The lowest BCUT2D eigenvalue weighted by Crippen LogP contribution is -2.35. The van der Waals surface area contributed by atoms with Gasteiger partial charge in [0.05, 0.1) is 4.90 Å². The fourth-order valence-corrected chi connectivity index (χ4v) is 5.46. The van der Waals surface area contributed by atoms with Crippen LogP contribution in [0.3, 0.4) is 0 Å². The number of anilines is 1. The Hall–Kier alpha value is -3.04. The number of aromatic amines is 1. The molecule has 8 nitrogen and oxygen atoms in total. The zero-order valence-corrected chi connectivity index (χ0v) is 18.4. The highest BCUT2D eigenvalue weighted by atomic mass is 32.2. The molecule has 2 fully saturated rings. The van der Waals surface area contributed by atoms with Crippen molar-refractivity contribution in [3.8, 4) is 11.4 Å². The summed E-state index contributed by atoms with van der Waals surface area (Å²) < 4.78 is 27.3. The van der Waals surface area contributed by atoms with E-state index in [0.717, 1.165) is 43.5 Å². The number of carbonyl (C=O) groups is 1. The van der Waals surface area contributed by atoms with Gasteiger partial charge in [-0.3, -0.25) is 9.89 Å². The predicted molar refractivity (Wildman–Crippen MR) is 121 cm³/mol. The van der Waals surface area contributed by atoms with E-state index in [1.165, 1.54) is 10.4 Å². The number of H-pyrrole nitrogens is 1. The number of aromatic nitrogens is 3. The number of rotatable bonds is 6. The molecule has 1 saturated heterocycles. The molecule has 2 N–H and O–H groups in total. The molecule has 0 unspecified atom stereocenters. The Kier molecular flexibility index (Phi) is 5.52. The second-order valence-electron chi connectivity index (χ2n) is 8.34. The third kappa shape index (κ3) is 4.31. The van der Waals surface area contributed by atoms with Crippen molar-refractivity contribution in [1.29, 1.82) is 0 Å². The molecule has 1 aliphatic carbocycles. The van der Waals surface area contributed by atoms with Crippen LogP contribution in [0.2, 0.25) is 0 Å². The van der Waals surface area contributed by atoms with E-state index < -0.39 is 10.0 Å². The predicted octanol–water partition coefficient (Wildman–Crippen LogP) is 3.78. The number of nitrogens with one attached hydrogen (secondary N) is 2. The summed E-state index contributed by atoms with van der Waals surface area (Å²) in [4.78, 5) is 17.4. The van der Waals surface area contributed by atoms with Crippen molar-refractivity contribution in [2.24, 2.45) is 0 Å². The average Bonchev–Trinajstić information content (AvgIpc) is 3.57. The summed E-state index contributed by atoms with van der Waals surface area (Å²) in [6.07, 6.45) is 5.08. The zero-order chi connectivity index (χ0) is 22.1. The molecule has 3 aromatic rings. The summed E-state index contributed by atoms with van der Waals surface area (Å²) in [7, 11) is -3.59. The van der Waals surface area contributed by atoms with Gasteiger partial charge in [0.25, 0.3) is 5.91 Å². The number of nitrogens with zero attached hydrogens (tertiary/aromatic N) is 3. The monoisotopic (exact) mass is 451 g/mol. The molecular weight excluding hydrogens is 426 g/mol. The Morgan fingerprint density at radius 1 is 1.03 bits per heavy atom. The van der Waals surface area contributed by atoms with E-state index in [0.29, 0.717) is 36.1 Å². The number of carbonyl (C=O) groups excluding carboxylic acids is 1. The van der Waals surface area contributed by atoms with Gasteiger partial charge in [0.15, 0.2) is 5.82 Å². The molecule has 166 valence electrons. The van der Waals surface area contributed by atoms with Gasteiger partial charge in [-0.25, -0.2) is 13.4 Å². The summed E-state index contributed by atoms with van der Waals surface area (Å²) in [5, 5.41) is 10.1. The number of hydrogen-bond donors (Lipinski definition) is 2. The van der Waals surface area contributed by atoms with E-state index in [-0.39, 0.29) is 10.8 Å². The average molecular weight is 452 g/mol. The smallest absolute Gasteiger partial charge is 0.255 e. The first-order chi connectivity index (χ1) is 15.5. The van der Waals surface area contributed by atoms with Gasteiger partial charge >= 0.3 is 0 Å².